The Morgan fingerprint density at radius 3 is 1.44 bits per heavy atom. The summed E-state index contributed by atoms with van der Waals surface area (Å²) in [4.78, 5) is 36.6. The molecule has 0 fully saturated rings. The van der Waals surface area contributed by atoms with E-state index >= 15 is 0 Å². The van der Waals surface area contributed by atoms with E-state index in [2.05, 4.69) is 67.8 Å². The van der Waals surface area contributed by atoms with Gasteiger partial charge in [0.25, 0.3) is 0 Å². The Hall–Kier alpha value is -2.93. The van der Waals surface area contributed by atoms with Gasteiger partial charge in [0.2, 0.25) is 5.91 Å². The molecule has 2 unspecified atom stereocenters. The number of nitrogens with one attached hydrogen (secondary N) is 1. The zero-order valence-electron chi connectivity index (χ0n) is 35.5. The smallest absolute Gasteiger partial charge is 0.326 e. The van der Waals surface area contributed by atoms with Crippen molar-refractivity contribution in [3.63, 3.8) is 0 Å². The van der Waals surface area contributed by atoms with Gasteiger partial charge in [0, 0.05) is 12.8 Å². The number of carbonyl (C=O) groups is 3. The van der Waals surface area contributed by atoms with Gasteiger partial charge < -0.3 is 20.9 Å². The molecule has 0 aromatic rings. The van der Waals surface area contributed by atoms with Crippen LogP contribution in [0.1, 0.15) is 206 Å². The first-order valence-electron chi connectivity index (χ1n) is 22.6. The molecule has 0 aromatic heterocycles. The SMILES string of the molecule is CC/C=C\C/C=C\C/C=C\C/C=C\C/C=C\C(CCCCC(=O)NC(CCCN)C(=O)O)OC(=O)CCCCCCCCCCCCCCCCCCCC. The van der Waals surface area contributed by atoms with Crippen molar-refractivity contribution in [1.29, 1.82) is 0 Å². The summed E-state index contributed by atoms with van der Waals surface area (Å²) in [7, 11) is 0. The Labute approximate surface area is 338 Å². The average Bonchev–Trinajstić information content (AvgIpc) is 3.17. The van der Waals surface area contributed by atoms with E-state index in [0.717, 1.165) is 44.9 Å². The van der Waals surface area contributed by atoms with Crippen LogP contribution < -0.4 is 11.1 Å². The van der Waals surface area contributed by atoms with E-state index in [1.807, 2.05) is 12.2 Å². The summed E-state index contributed by atoms with van der Waals surface area (Å²) in [5.74, 6) is -1.48. The summed E-state index contributed by atoms with van der Waals surface area (Å²) in [6.07, 6.45) is 52.8. The van der Waals surface area contributed by atoms with E-state index < -0.39 is 12.0 Å². The highest BCUT2D eigenvalue weighted by Gasteiger charge is 2.19. The fourth-order valence-corrected chi connectivity index (χ4v) is 6.45. The lowest BCUT2D eigenvalue weighted by atomic mass is 10.0. The van der Waals surface area contributed by atoms with E-state index in [9.17, 15) is 19.5 Å². The highest BCUT2D eigenvalue weighted by atomic mass is 16.5. The fourth-order valence-electron chi connectivity index (χ4n) is 6.45. The molecular weight excluding hydrogens is 685 g/mol. The van der Waals surface area contributed by atoms with Crippen molar-refractivity contribution in [2.75, 3.05) is 6.54 Å². The first kappa shape index (κ1) is 52.1. The molecule has 0 bridgehead atoms. The zero-order valence-corrected chi connectivity index (χ0v) is 35.5. The molecule has 0 aliphatic heterocycles. The van der Waals surface area contributed by atoms with Gasteiger partial charge in [0.15, 0.2) is 0 Å². The monoisotopic (exact) mass is 769 g/mol. The number of amides is 1. The first-order chi connectivity index (χ1) is 26.9. The summed E-state index contributed by atoms with van der Waals surface area (Å²) in [5.41, 5.74) is 5.50. The molecule has 2 atom stereocenters. The predicted molar refractivity (Wildman–Crippen MR) is 234 cm³/mol. The predicted octanol–water partition coefficient (Wildman–Crippen LogP) is 13.0. The van der Waals surface area contributed by atoms with Gasteiger partial charge in [-0.25, -0.2) is 4.79 Å². The second kappa shape index (κ2) is 42.2. The number of carboxylic acid groups (broad SMARTS) is 1. The minimum Gasteiger partial charge on any atom is -0.480 e. The molecule has 0 aliphatic carbocycles. The first-order valence-corrected chi connectivity index (χ1v) is 22.6. The number of unbranched alkanes of at least 4 members (excludes halogenated alkanes) is 18. The minimum absolute atomic E-state index is 0.163. The Kier molecular flexibility index (Phi) is 40.0. The third kappa shape index (κ3) is 39.1. The van der Waals surface area contributed by atoms with E-state index in [0.29, 0.717) is 45.1 Å². The third-order valence-electron chi connectivity index (χ3n) is 9.83. The van der Waals surface area contributed by atoms with Crippen molar-refractivity contribution in [2.24, 2.45) is 5.73 Å². The normalized spacial score (nSPS) is 13.2. The number of esters is 1. The second-order valence-electron chi connectivity index (χ2n) is 15.1. The van der Waals surface area contributed by atoms with Crippen molar-refractivity contribution in [3.05, 3.63) is 60.8 Å². The molecule has 0 spiro atoms. The topological polar surface area (TPSA) is 119 Å². The number of nitrogens with two attached hydrogens (primary N) is 1. The Balaban J connectivity index is 4.44. The van der Waals surface area contributed by atoms with Gasteiger partial charge >= 0.3 is 11.9 Å². The van der Waals surface area contributed by atoms with E-state index in [1.54, 1.807) is 0 Å². The number of hydrogen-bond acceptors (Lipinski definition) is 5. The maximum Gasteiger partial charge on any atom is 0.326 e. The van der Waals surface area contributed by atoms with Gasteiger partial charge in [-0.3, -0.25) is 9.59 Å². The number of rotatable bonds is 40. The zero-order chi connectivity index (χ0) is 40.3. The number of allylic oxidation sites excluding steroid dienone is 9. The third-order valence-corrected chi connectivity index (χ3v) is 9.83. The maximum absolute atomic E-state index is 12.8. The van der Waals surface area contributed by atoms with Gasteiger partial charge in [-0.1, -0.05) is 178 Å². The van der Waals surface area contributed by atoms with Gasteiger partial charge in [0.1, 0.15) is 12.1 Å². The summed E-state index contributed by atoms with van der Waals surface area (Å²) < 4.78 is 5.88. The van der Waals surface area contributed by atoms with Crippen LogP contribution >= 0.6 is 0 Å². The summed E-state index contributed by atoms with van der Waals surface area (Å²) >= 11 is 0. The van der Waals surface area contributed by atoms with E-state index in [4.69, 9.17) is 10.5 Å². The molecule has 55 heavy (non-hydrogen) atoms. The molecule has 0 heterocycles. The van der Waals surface area contributed by atoms with Crippen LogP contribution in [0, 0.1) is 0 Å². The van der Waals surface area contributed by atoms with Gasteiger partial charge in [-0.05, 0) is 83.2 Å². The lowest BCUT2D eigenvalue weighted by molar-refractivity contribution is -0.147. The highest BCUT2D eigenvalue weighted by Crippen LogP contribution is 2.16. The molecule has 316 valence electrons. The van der Waals surface area contributed by atoms with Crippen LogP contribution in [0.3, 0.4) is 0 Å². The van der Waals surface area contributed by atoms with Gasteiger partial charge in [0.05, 0.1) is 0 Å². The largest absolute Gasteiger partial charge is 0.480 e. The van der Waals surface area contributed by atoms with Crippen molar-refractivity contribution < 1.29 is 24.2 Å². The van der Waals surface area contributed by atoms with E-state index in [-0.39, 0.29) is 24.4 Å². The number of ether oxygens (including phenoxy) is 1. The molecule has 0 saturated heterocycles. The van der Waals surface area contributed by atoms with Gasteiger partial charge in [-0.15, -0.1) is 0 Å². The van der Waals surface area contributed by atoms with Crippen LogP contribution in [-0.2, 0) is 19.1 Å². The quantitative estimate of drug-likeness (QED) is 0.0324. The van der Waals surface area contributed by atoms with Crippen LogP contribution in [-0.4, -0.2) is 41.6 Å². The van der Waals surface area contributed by atoms with Crippen molar-refractivity contribution in [2.45, 2.75) is 219 Å². The Bertz CT molecular complexity index is 1050. The second-order valence-corrected chi connectivity index (χ2v) is 15.1. The molecular formula is C48H84N2O5. The van der Waals surface area contributed by atoms with Crippen LogP contribution in [0.25, 0.3) is 0 Å². The van der Waals surface area contributed by atoms with Crippen molar-refractivity contribution >= 4 is 17.8 Å². The number of carboxylic acids is 1. The molecule has 7 heteroatoms. The molecule has 0 rings (SSSR count). The maximum atomic E-state index is 12.8. The van der Waals surface area contributed by atoms with E-state index in [1.165, 1.54) is 103 Å². The Morgan fingerprint density at radius 2 is 0.982 bits per heavy atom. The summed E-state index contributed by atoms with van der Waals surface area (Å²) in [5, 5.41) is 12.0. The number of aliphatic carboxylic acids is 1. The van der Waals surface area contributed by atoms with Crippen LogP contribution in [0.15, 0.2) is 60.8 Å². The molecule has 7 nitrogen and oxygen atoms in total. The lowest BCUT2D eigenvalue weighted by Gasteiger charge is -2.16. The molecule has 0 radical (unpaired) electrons. The van der Waals surface area contributed by atoms with Gasteiger partial charge in [-0.2, -0.15) is 0 Å². The van der Waals surface area contributed by atoms with Crippen molar-refractivity contribution in [3.8, 4) is 0 Å². The fraction of sp³-hybridized carbons (Fsp3) is 0.729. The summed E-state index contributed by atoms with van der Waals surface area (Å²) in [6.45, 7) is 4.80. The van der Waals surface area contributed by atoms with Crippen LogP contribution in [0.4, 0.5) is 0 Å². The molecule has 0 aliphatic rings. The molecule has 0 saturated carbocycles. The lowest BCUT2D eigenvalue weighted by Crippen LogP contribution is -2.40. The highest BCUT2D eigenvalue weighted by molar-refractivity contribution is 5.83. The standard InChI is InChI=1S/C48H84N2O5/c1-3-5-7-9-11-13-15-17-19-20-21-22-24-26-28-30-32-34-42-47(52)55-44(39-35-36-41-46(51)50-45(48(53)54)40-37-43-49)38-33-31-29-27-25-23-18-16-14-12-10-8-6-4-2/h6,8,12,14,18,23,27,29,33,38,44-45H,3-5,7,9-11,13,15-17,19-22,24-26,28,30-32,34-37,39-43,49H2,1-2H3,(H,50,51)(H,53,54)/b8-6-,14-12-,23-18-,29-27-,38-33-. The molecule has 1 amide bonds. The Morgan fingerprint density at radius 1 is 0.545 bits per heavy atom. The number of carbonyl (C=O) groups excluding carboxylic acids is 2. The number of hydrogen-bond donors (Lipinski definition) is 3. The minimum atomic E-state index is -1.04. The van der Waals surface area contributed by atoms with Crippen LogP contribution in [0.5, 0.6) is 0 Å². The average molecular weight is 769 g/mol. The molecule has 4 N–H and O–H groups in total. The van der Waals surface area contributed by atoms with Crippen molar-refractivity contribution in [1.82, 2.24) is 5.32 Å². The van der Waals surface area contributed by atoms with Crippen LogP contribution in [0.2, 0.25) is 0 Å². The molecule has 0 aromatic carbocycles. The summed E-state index contributed by atoms with van der Waals surface area (Å²) in [6, 6.07) is -0.912.